The lowest BCUT2D eigenvalue weighted by Gasteiger charge is -2.35. The van der Waals surface area contributed by atoms with Crippen LogP contribution >= 0.6 is 0 Å². The van der Waals surface area contributed by atoms with Crippen LogP contribution in [0.5, 0.6) is 5.75 Å². The Morgan fingerprint density at radius 2 is 1.83 bits per heavy atom. The van der Waals surface area contributed by atoms with Crippen LogP contribution < -0.4 is 15.2 Å². The molecule has 4 rings (SSSR count). The maximum absolute atomic E-state index is 14.0. The van der Waals surface area contributed by atoms with Gasteiger partial charge in [0.15, 0.2) is 0 Å². The number of aliphatic hydroxyl groups excluding tert-OH is 1. The molecule has 0 saturated carbocycles. The predicted molar refractivity (Wildman–Crippen MR) is 142 cm³/mol. The number of ether oxygens (including phenoxy) is 1. The number of hydrogen-bond donors (Lipinski definition) is 1. The molecule has 35 heavy (non-hydrogen) atoms. The molecule has 1 saturated heterocycles. The number of aryl methyl sites for hydroxylation is 1. The summed E-state index contributed by atoms with van der Waals surface area (Å²) in [4.78, 5) is 23.6. The standard InChI is InChI=1S/C28H38N4O3/c1-4-5-6-11-27-29-24-13-12-22(31-16-14-30(15-17-31)18-19-33)20-23(24)28(34)32(27)25-9-7-8-10-26(25)35-21(2)3/h7-10,12-13,20-21,33H,4-6,11,14-19H2,1-3H3. The van der Waals surface area contributed by atoms with Gasteiger partial charge < -0.3 is 14.7 Å². The Morgan fingerprint density at radius 1 is 1.06 bits per heavy atom. The predicted octanol–water partition coefficient (Wildman–Crippen LogP) is 4.02. The Morgan fingerprint density at radius 3 is 2.54 bits per heavy atom. The van der Waals surface area contributed by atoms with E-state index in [2.05, 4.69) is 22.8 Å². The summed E-state index contributed by atoms with van der Waals surface area (Å²) in [5.41, 5.74) is 2.47. The summed E-state index contributed by atoms with van der Waals surface area (Å²) >= 11 is 0. The van der Waals surface area contributed by atoms with Crippen LogP contribution in [0, 0.1) is 0 Å². The normalized spacial score (nSPS) is 14.7. The van der Waals surface area contributed by atoms with E-state index in [1.54, 1.807) is 4.57 Å². The molecule has 1 aromatic heterocycles. The SMILES string of the molecule is CCCCCc1nc2ccc(N3CCN(CCO)CC3)cc2c(=O)n1-c1ccccc1OC(C)C. The number of unbranched alkanes of at least 4 members (excludes halogenated alkanes) is 2. The fourth-order valence-corrected chi connectivity index (χ4v) is 4.73. The third-order valence-corrected chi connectivity index (χ3v) is 6.55. The summed E-state index contributed by atoms with van der Waals surface area (Å²) in [7, 11) is 0. The van der Waals surface area contributed by atoms with Gasteiger partial charge in [0.25, 0.3) is 5.56 Å². The maximum atomic E-state index is 14.0. The topological polar surface area (TPSA) is 70.8 Å². The molecule has 2 heterocycles. The molecule has 0 unspecified atom stereocenters. The van der Waals surface area contributed by atoms with E-state index in [0.29, 0.717) is 17.7 Å². The average Bonchev–Trinajstić information content (AvgIpc) is 2.85. The number of piperazine rings is 1. The van der Waals surface area contributed by atoms with Crippen LogP contribution in [0.25, 0.3) is 16.6 Å². The molecule has 1 N–H and O–H groups in total. The van der Waals surface area contributed by atoms with Crippen molar-refractivity contribution in [1.29, 1.82) is 0 Å². The van der Waals surface area contributed by atoms with Crippen molar-refractivity contribution in [2.45, 2.75) is 52.6 Å². The number of anilines is 1. The summed E-state index contributed by atoms with van der Waals surface area (Å²) in [5.74, 6) is 1.47. The molecule has 7 nitrogen and oxygen atoms in total. The second-order valence-corrected chi connectivity index (χ2v) is 9.51. The molecule has 0 amide bonds. The Balaban J connectivity index is 1.77. The van der Waals surface area contributed by atoms with Gasteiger partial charge in [-0.2, -0.15) is 0 Å². The highest BCUT2D eigenvalue weighted by Gasteiger charge is 2.20. The van der Waals surface area contributed by atoms with E-state index >= 15 is 0 Å². The van der Waals surface area contributed by atoms with Gasteiger partial charge in [-0.3, -0.25) is 14.3 Å². The quantitative estimate of drug-likeness (QED) is 0.444. The molecule has 0 atom stereocenters. The molecule has 1 aliphatic rings. The number of aromatic nitrogens is 2. The van der Waals surface area contributed by atoms with Gasteiger partial charge in [0.2, 0.25) is 0 Å². The van der Waals surface area contributed by atoms with Crippen LogP contribution in [-0.2, 0) is 6.42 Å². The Kier molecular flexibility index (Phi) is 8.42. The molecule has 0 bridgehead atoms. The minimum Gasteiger partial charge on any atom is -0.489 e. The lowest BCUT2D eigenvalue weighted by molar-refractivity contribution is 0.189. The minimum atomic E-state index is -0.0536. The molecule has 0 aliphatic carbocycles. The van der Waals surface area contributed by atoms with Crippen LogP contribution in [0.3, 0.4) is 0 Å². The van der Waals surface area contributed by atoms with Crippen molar-refractivity contribution in [1.82, 2.24) is 14.5 Å². The molecule has 0 spiro atoms. The zero-order valence-corrected chi connectivity index (χ0v) is 21.2. The number of rotatable bonds is 10. The number of β-amino-alcohol motifs (C(OH)–C–C–N with tert-alkyl or cyclic N) is 1. The first-order chi connectivity index (χ1) is 17.0. The van der Waals surface area contributed by atoms with Crippen molar-refractivity contribution in [2.75, 3.05) is 44.2 Å². The van der Waals surface area contributed by atoms with Crippen molar-refractivity contribution in [2.24, 2.45) is 0 Å². The van der Waals surface area contributed by atoms with Crippen molar-refractivity contribution in [3.63, 3.8) is 0 Å². The monoisotopic (exact) mass is 478 g/mol. The van der Waals surface area contributed by atoms with Crippen LogP contribution in [0.15, 0.2) is 47.3 Å². The highest BCUT2D eigenvalue weighted by atomic mass is 16.5. The van der Waals surface area contributed by atoms with Gasteiger partial charge in [-0.1, -0.05) is 31.9 Å². The summed E-state index contributed by atoms with van der Waals surface area (Å²) < 4.78 is 7.84. The molecule has 0 radical (unpaired) electrons. The van der Waals surface area contributed by atoms with Gasteiger partial charge in [0.1, 0.15) is 11.6 Å². The molecule has 188 valence electrons. The van der Waals surface area contributed by atoms with E-state index in [0.717, 1.165) is 74.6 Å². The van der Waals surface area contributed by atoms with E-state index in [9.17, 15) is 9.90 Å². The lowest BCUT2D eigenvalue weighted by Crippen LogP contribution is -2.47. The fourth-order valence-electron chi connectivity index (χ4n) is 4.73. The summed E-state index contributed by atoms with van der Waals surface area (Å²) in [6, 6.07) is 13.8. The Bertz CT molecular complexity index is 1180. The zero-order valence-electron chi connectivity index (χ0n) is 21.2. The molecular formula is C28H38N4O3. The first kappa shape index (κ1) is 25.2. The largest absolute Gasteiger partial charge is 0.489 e. The third kappa shape index (κ3) is 5.85. The lowest BCUT2D eigenvalue weighted by atomic mass is 10.1. The zero-order chi connectivity index (χ0) is 24.8. The van der Waals surface area contributed by atoms with Gasteiger partial charge in [-0.05, 0) is 50.6 Å². The molecule has 2 aromatic carbocycles. The summed E-state index contributed by atoms with van der Waals surface area (Å²) in [6.45, 7) is 10.6. The van der Waals surface area contributed by atoms with E-state index in [1.165, 1.54) is 0 Å². The minimum absolute atomic E-state index is 0.0000814. The number of fused-ring (bicyclic) bond motifs is 1. The van der Waals surface area contributed by atoms with Crippen molar-refractivity contribution in [3.05, 3.63) is 58.6 Å². The highest BCUT2D eigenvalue weighted by molar-refractivity contribution is 5.82. The van der Waals surface area contributed by atoms with Gasteiger partial charge >= 0.3 is 0 Å². The van der Waals surface area contributed by atoms with Crippen LogP contribution in [0.4, 0.5) is 5.69 Å². The Hall–Kier alpha value is -2.90. The first-order valence-electron chi connectivity index (χ1n) is 12.9. The van der Waals surface area contributed by atoms with Crippen molar-refractivity contribution >= 4 is 16.6 Å². The van der Waals surface area contributed by atoms with E-state index < -0.39 is 0 Å². The molecule has 1 aliphatic heterocycles. The summed E-state index contributed by atoms with van der Waals surface area (Å²) in [6.07, 6.45) is 3.93. The van der Waals surface area contributed by atoms with Crippen LogP contribution in [-0.4, -0.2) is 65.0 Å². The van der Waals surface area contributed by atoms with Crippen LogP contribution in [0.2, 0.25) is 0 Å². The molecular weight excluding hydrogens is 440 g/mol. The number of nitrogens with zero attached hydrogens (tertiary/aromatic N) is 4. The fraction of sp³-hybridized carbons (Fsp3) is 0.500. The number of para-hydroxylation sites is 2. The molecule has 7 heteroatoms. The van der Waals surface area contributed by atoms with Crippen molar-refractivity contribution < 1.29 is 9.84 Å². The molecule has 1 fully saturated rings. The van der Waals surface area contributed by atoms with Gasteiger partial charge in [-0.15, -0.1) is 0 Å². The first-order valence-corrected chi connectivity index (χ1v) is 12.9. The second kappa shape index (κ2) is 11.7. The second-order valence-electron chi connectivity index (χ2n) is 9.51. The van der Waals surface area contributed by atoms with Gasteiger partial charge in [-0.25, -0.2) is 4.98 Å². The van der Waals surface area contributed by atoms with Crippen LogP contribution in [0.1, 0.15) is 45.9 Å². The maximum Gasteiger partial charge on any atom is 0.266 e. The van der Waals surface area contributed by atoms with Gasteiger partial charge in [0, 0.05) is 44.8 Å². The van der Waals surface area contributed by atoms with E-state index in [1.807, 2.05) is 50.2 Å². The summed E-state index contributed by atoms with van der Waals surface area (Å²) in [5, 5.41) is 9.84. The van der Waals surface area contributed by atoms with Crippen molar-refractivity contribution in [3.8, 4) is 11.4 Å². The van der Waals surface area contributed by atoms with Gasteiger partial charge in [0.05, 0.1) is 29.3 Å². The number of benzene rings is 2. The highest BCUT2D eigenvalue weighted by Crippen LogP contribution is 2.27. The number of hydrogen-bond acceptors (Lipinski definition) is 6. The van der Waals surface area contributed by atoms with E-state index in [-0.39, 0.29) is 18.3 Å². The smallest absolute Gasteiger partial charge is 0.266 e. The molecule has 3 aromatic rings. The number of aliphatic hydroxyl groups is 1. The Labute approximate surface area is 208 Å². The van der Waals surface area contributed by atoms with E-state index in [4.69, 9.17) is 9.72 Å². The third-order valence-electron chi connectivity index (χ3n) is 6.55. The average molecular weight is 479 g/mol.